The SMILES string of the molecule is Cc1ccccc1C(=O)N1C(C(=O)O)CSC1c1cccc(Oc2ccccc2)c1. The summed E-state index contributed by atoms with van der Waals surface area (Å²) in [5.74, 6) is 0.418. The molecule has 1 saturated heterocycles. The fourth-order valence-electron chi connectivity index (χ4n) is 3.51. The number of hydrogen-bond donors (Lipinski definition) is 1. The molecule has 0 spiro atoms. The van der Waals surface area contributed by atoms with E-state index in [-0.39, 0.29) is 5.91 Å². The Morgan fingerprint density at radius 1 is 0.967 bits per heavy atom. The molecule has 0 aliphatic carbocycles. The molecule has 6 heteroatoms. The fourth-order valence-corrected chi connectivity index (χ4v) is 4.92. The third-order valence-corrected chi connectivity index (χ3v) is 6.34. The number of amides is 1. The van der Waals surface area contributed by atoms with Gasteiger partial charge in [0.2, 0.25) is 0 Å². The van der Waals surface area contributed by atoms with Gasteiger partial charge in [-0.25, -0.2) is 4.79 Å². The summed E-state index contributed by atoms with van der Waals surface area (Å²) in [6.45, 7) is 1.86. The highest BCUT2D eigenvalue weighted by atomic mass is 32.2. The monoisotopic (exact) mass is 419 g/mol. The van der Waals surface area contributed by atoms with Gasteiger partial charge >= 0.3 is 5.97 Å². The highest BCUT2D eigenvalue weighted by molar-refractivity contribution is 7.99. The van der Waals surface area contributed by atoms with Crippen molar-refractivity contribution in [2.45, 2.75) is 18.3 Å². The number of rotatable bonds is 5. The van der Waals surface area contributed by atoms with Crippen molar-refractivity contribution >= 4 is 23.6 Å². The summed E-state index contributed by atoms with van der Waals surface area (Å²) in [5, 5.41) is 9.33. The van der Waals surface area contributed by atoms with Crippen molar-refractivity contribution in [2.24, 2.45) is 0 Å². The first-order valence-electron chi connectivity index (χ1n) is 9.60. The molecule has 4 rings (SSSR count). The summed E-state index contributed by atoms with van der Waals surface area (Å²) >= 11 is 1.45. The zero-order valence-electron chi connectivity index (χ0n) is 16.4. The molecule has 152 valence electrons. The molecule has 1 aliphatic rings. The van der Waals surface area contributed by atoms with E-state index in [0.29, 0.717) is 22.8 Å². The molecule has 30 heavy (non-hydrogen) atoms. The number of para-hydroxylation sites is 1. The molecular formula is C24H21NO4S. The lowest BCUT2D eigenvalue weighted by molar-refractivity contribution is -0.141. The van der Waals surface area contributed by atoms with Gasteiger partial charge in [0.15, 0.2) is 0 Å². The minimum absolute atomic E-state index is 0.273. The summed E-state index contributed by atoms with van der Waals surface area (Å²) in [7, 11) is 0. The first-order valence-corrected chi connectivity index (χ1v) is 10.6. The van der Waals surface area contributed by atoms with E-state index in [0.717, 1.165) is 11.1 Å². The average molecular weight is 420 g/mol. The summed E-state index contributed by atoms with van der Waals surface area (Å²) in [4.78, 5) is 26.7. The number of carboxylic acids is 1. The zero-order valence-corrected chi connectivity index (χ0v) is 17.2. The molecule has 1 heterocycles. The minimum atomic E-state index is -0.997. The second-order valence-corrected chi connectivity index (χ2v) is 8.17. The molecule has 1 N–H and O–H groups in total. The number of nitrogens with zero attached hydrogens (tertiary/aromatic N) is 1. The lowest BCUT2D eigenvalue weighted by Gasteiger charge is -2.28. The number of carbonyl (C=O) groups is 2. The number of ether oxygens (including phenoxy) is 1. The van der Waals surface area contributed by atoms with Crippen molar-refractivity contribution in [1.82, 2.24) is 4.90 Å². The van der Waals surface area contributed by atoms with E-state index in [4.69, 9.17) is 4.74 Å². The smallest absolute Gasteiger partial charge is 0.327 e. The van der Waals surface area contributed by atoms with Crippen molar-refractivity contribution in [3.63, 3.8) is 0 Å². The number of aryl methyl sites for hydroxylation is 1. The van der Waals surface area contributed by atoms with E-state index < -0.39 is 17.4 Å². The Kier molecular flexibility index (Phi) is 5.77. The lowest BCUT2D eigenvalue weighted by Crippen LogP contribution is -2.43. The van der Waals surface area contributed by atoms with Gasteiger partial charge in [0.25, 0.3) is 5.91 Å². The Bertz CT molecular complexity index is 1070. The lowest BCUT2D eigenvalue weighted by atomic mass is 10.1. The van der Waals surface area contributed by atoms with Gasteiger partial charge in [0, 0.05) is 11.3 Å². The van der Waals surface area contributed by atoms with Crippen LogP contribution in [0.4, 0.5) is 0 Å². The maximum absolute atomic E-state index is 13.4. The maximum Gasteiger partial charge on any atom is 0.327 e. The van der Waals surface area contributed by atoms with Crippen molar-refractivity contribution < 1.29 is 19.4 Å². The van der Waals surface area contributed by atoms with Crippen molar-refractivity contribution in [1.29, 1.82) is 0 Å². The largest absolute Gasteiger partial charge is 0.480 e. The molecule has 5 nitrogen and oxygen atoms in total. The highest BCUT2D eigenvalue weighted by Crippen LogP contribution is 2.43. The Morgan fingerprint density at radius 2 is 1.67 bits per heavy atom. The Labute approximate surface area is 179 Å². The van der Waals surface area contributed by atoms with Crippen LogP contribution in [0.5, 0.6) is 11.5 Å². The van der Waals surface area contributed by atoms with Crippen molar-refractivity contribution in [3.05, 3.63) is 95.6 Å². The number of hydrogen-bond acceptors (Lipinski definition) is 4. The predicted octanol–water partition coefficient (Wildman–Crippen LogP) is 5.13. The van der Waals surface area contributed by atoms with E-state index in [9.17, 15) is 14.7 Å². The topological polar surface area (TPSA) is 66.8 Å². The average Bonchev–Trinajstić information content (AvgIpc) is 3.20. The number of thioether (sulfide) groups is 1. The van der Waals surface area contributed by atoms with E-state index in [1.165, 1.54) is 16.7 Å². The highest BCUT2D eigenvalue weighted by Gasteiger charge is 2.43. The summed E-state index contributed by atoms with van der Waals surface area (Å²) in [5.41, 5.74) is 2.18. The summed E-state index contributed by atoms with van der Waals surface area (Å²) in [6, 6.07) is 23.3. The number of carboxylic acid groups (broad SMARTS) is 1. The molecule has 2 atom stereocenters. The summed E-state index contributed by atoms with van der Waals surface area (Å²) in [6.07, 6.45) is 0. The molecule has 1 amide bonds. The number of carbonyl (C=O) groups excluding carboxylic acids is 1. The molecule has 3 aromatic rings. The zero-order chi connectivity index (χ0) is 21.1. The normalized spacial score (nSPS) is 18.2. The molecule has 2 unspecified atom stereocenters. The molecule has 0 saturated carbocycles. The van der Waals surface area contributed by atoms with Gasteiger partial charge in [-0.3, -0.25) is 4.79 Å². The van der Waals surface area contributed by atoms with Crippen LogP contribution in [0.25, 0.3) is 0 Å². The van der Waals surface area contributed by atoms with Crippen LogP contribution in [-0.2, 0) is 4.79 Å². The van der Waals surface area contributed by atoms with E-state index in [2.05, 4.69) is 0 Å². The third kappa shape index (κ3) is 4.04. The molecule has 0 bridgehead atoms. The van der Waals surface area contributed by atoms with Crippen molar-refractivity contribution in [3.8, 4) is 11.5 Å². The van der Waals surface area contributed by atoms with Gasteiger partial charge in [-0.05, 0) is 48.4 Å². The molecule has 0 radical (unpaired) electrons. The van der Waals surface area contributed by atoms with Gasteiger partial charge < -0.3 is 14.7 Å². The van der Waals surface area contributed by atoms with Crippen LogP contribution in [0.2, 0.25) is 0 Å². The number of benzene rings is 3. The second kappa shape index (κ2) is 8.63. The van der Waals surface area contributed by atoms with Gasteiger partial charge in [-0.15, -0.1) is 11.8 Å². The fraction of sp³-hybridized carbons (Fsp3) is 0.167. The molecular weight excluding hydrogens is 398 g/mol. The van der Waals surface area contributed by atoms with Crippen LogP contribution >= 0.6 is 11.8 Å². The van der Waals surface area contributed by atoms with E-state index >= 15 is 0 Å². The van der Waals surface area contributed by atoms with Gasteiger partial charge in [0.05, 0.1) is 0 Å². The quantitative estimate of drug-likeness (QED) is 0.621. The first kappa shape index (κ1) is 20.0. The third-order valence-electron chi connectivity index (χ3n) is 5.02. The van der Waals surface area contributed by atoms with E-state index in [1.807, 2.05) is 73.7 Å². The number of aliphatic carboxylic acids is 1. The van der Waals surface area contributed by atoms with Crippen LogP contribution in [0.3, 0.4) is 0 Å². The van der Waals surface area contributed by atoms with Crippen LogP contribution in [0.1, 0.15) is 26.9 Å². The van der Waals surface area contributed by atoms with Gasteiger partial charge in [-0.1, -0.05) is 48.5 Å². The van der Waals surface area contributed by atoms with Crippen molar-refractivity contribution in [2.75, 3.05) is 5.75 Å². The van der Waals surface area contributed by atoms with Gasteiger partial charge in [0.1, 0.15) is 22.9 Å². The van der Waals surface area contributed by atoms with Gasteiger partial charge in [-0.2, -0.15) is 0 Å². The molecule has 1 fully saturated rings. The van der Waals surface area contributed by atoms with Crippen LogP contribution < -0.4 is 4.74 Å². The van der Waals surface area contributed by atoms with Crippen LogP contribution in [-0.4, -0.2) is 33.7 Å². The Morgan fingerprint density at radius 3 is 2.40 bits per heavy atom. The molecule has 1 aliphatic heterocycles. The Hall–Kier alpha value is -3.25. The molecule has 3 aromatic carbocycles. The molecule has 0 aromatic heterocycles. The van der Waals surface area contributed by atoms with E-state index in [1.54, 1.807) is 12.1 Å². The summed E-state index contributed by atoms with van der Waals surface area (Å²) < 4.78 is 5.92. The Balaban J connectivity index is 1.67. The standard InChI is InChI=1S/C24H21NO4S/c1-16-8-5-6-13-20(16)22(26)25-21(24(27)28)15-30-23(25)17-9-7-12-19(14-17)29-18-10-3-2-4-11-18/h2-14,21,23H,15H2,1H3,(H,27,28). The second-order valence-electron chi connectivity index (χ2n) is 7.05. The maximum atomic E-state index is 13.4. The first-order chi connectivity index (χ1) is 14.5. The minimum Gasteiger partial charge on any atom is -0.480 e. The predicted molar refractivity (Wildman–Crippen MR) is 117 cm³/mol. The van der Waals surface area contributed by atoms with Crippen LogP contribution in [0.15, 0.2) is 78.9 Å². The van der Waals surface area contributed by atoms with Crippen LogP contribution in [0, 0.1) is 6.92 Å².